The van der Waals surface area contributed by atoms with Gasteiger partial charge in [-0.15, -0.1) is 0 Å². The van der Waals surface area contributed by atoms with Gasteiger partial charge in [-0.25, -0.2) is 12.8 Å². The summed E-state index contributed by atoms with van der Waals surface area (Å²) in [6.45, 7) is 3.92. The summed E-state index contributed by atoms with van der Waals surface area (Å²) >= 11 is 6.06. The highest BCUT2D eigenvalue weighted by Gasteiger charge is 2.18. The van der Waals surface area contributed by atoms with E-state index < -0.39 is 15.8 Å². The van der Waals surface area contributed by atoms with Gasteiger partial charge in [0.1, 0.15) is 5.82 Å². The van der Waals surface area contributed by atoms with E-state index in [9.17, 15) is 17.6 Å². The maximum Gasteiger partial charge on any atom is 0.261 e. The number of carbonyl (C=O) groups excluding carboxylic acids is 1. The number of halogens is 2. The molecule has 0 fully saturated rings. The molecule has 0 heterocycles. The molecule has 5 nitrogen and oxygen atoms in total. The molecule has 26 heavy (non-hydrogen) atoms. The minimum atomic E-state index is -3.96. The number of nitrogens with one attached hydrogen (secondary N) is 2. The fourth-order valence-corrected chi connectivity index (χ4v) is 3.67. The Labute approximate surface area is 157 Å². The Morgan fingerprint density at radius 2 is 1.85 bits per heavy atom. The van der Waals surface area contributed by atoms with Gasteiger partial charge in [-0.05, 0) is 55.8 Å². The number of hydrogen-bond acceptors (Lipinski definition) is 3. The van der Waals surface area contributed by atoms with Crippen molar-refractivity contribution in [1.82, 2.24) is 5.32 Å². The largest absolute Gasteiger partial charge is 0.350 e. The fraction of sp³-hybridized carbons (Fsp3) is 0.278. The molecule has 1 amide bonds. The Kier molecular flexibility index (Phi) is 6.61. The first-order chi connectivity index (χ1) is 12.2. The molecule has 0 saturated carbocycles. The Morgan fingerprint density at radius 1 is 1.19 bits per heavy atom. The average Bonchev–Trinajstić information content (AvgIpc) is 2.57. The summed E-state index contributed by atoms with van der Waals surface area (Å²) in [5.41, 5.74) is 0.362. The predicted molar refractivity (Wildman–Crippen MR) is 100 cm³/mol. The van der Waals surface area contributed by atoms with Crippen LogP contribution in [0.4, 0.5) is 10.1 Å². The summed E-state index contributed by atoms with van der Waals surface area (Å²) in [5, 5.41) is 2.99. The first-order valence-corrected chi connectivity index (χ1v) is 9.98. The zero-order chi connectivity index (χ0) is 19.3. The van der Waals surface area contributed by atoms with Crippen LogP contribution in [-0.2, 0) is 10.0 Å². The molecular weight excluding hydrogens is 379 g/mol. The lowest BCUT2D eigenvalue weighted by atomic mass is 10.1. The maximum absolute atomic E-state index is 13.0. The van der Waals surface area contributed by atoms with Crippen LogP contribution in [-0.4, -0.2) is 20.4 Å². The van der Waals surface area contributed by atoms with Crippen molar-refractivity contribution >= 4 is 33.2 Å². The van der Waals surface area contributed by atoms with Crippen LogP contribution >= 0.6 is 11.6 Å². The number of carbonyl (C=O) groups is 1. The monoisotopic (exact) mass is 398 g/mol. The zero-order valence-electron chi connectivity index (χ0n) is 14.4. The molecule has 0 aliphatic carbocycles. The van der Waals surface area contributed by atoms with Crippen molar-refractivity contribution in [3.05, 3.63) is 58.9 Å². The molecule has 2 aromatic rings. The highest BCUT2D eigenvalue weighted by molar-refractivity contribution is 7.92. The summed E-state index contributed by atoms with van der Waals surface area (Å²) in [7, 11) is -3.96. The molecule has 2 aromatic carbocycles. The van der Waals surface area contributed by atoms with Gasteiger partial charge in [-0.2, -0.15) is 0 Å². The Hall–Kier alpha value is -2.12. The van der Waals surface area contributed by atoms with Crippen molar-refractivity contribution in [3.8, 4) is 0 Å². The molecule has 0 radical (unpaired) electrons. The smallest absolute Gasteiger partial charge is 0.261 e. The molecule has 0 aliphatic heterocycles. The van der Waals surface area contributed by atoms with E-state index >= 15 is 0 Å². The summed E-state index contributed by atoms with van der Waals surface area (Å²) < 4.78 is 40.2. The molecule has 2 rings (SSSR count). The lowest BCUT2D eigenvalue weighted by molar-refractivity contribution is 0.0938. The van der Waals surface area contributed by atoms with Gasteiger partial charge in [0, 0.05) is 11.6 Å². The van der Waals surface area contributed by atoms with Gasteiger partial charge >= 0.3 is 0 Å². The average molecular weight is 399 g/mol. The van der Waals surface area contributed by atoms with E-state index in [0.717, 1.165) is 37.1 Å². The van der Waals surface area contributed by atoms with Crippen molar-refractivity contribution in [3.63, 3.8) is 0 Å². The Balaban J connectivity index is 2.24. The van der Waals surface area contributed by atoms with Crippen molar-refractivity contribution in [2.75, 3.05) is 4.72 Å². The molecule has 0 saturated heterocycles. The molecule has 140 valence electrons. The third kappa shape index (κ3) is 5.19. The van der Waals surface area contributed by atoms with E-state index in [1.807, 2.05) is 13.8 Å². The highest BCUT2D eigenvalue weighted by Crippen LogP contribution is 2.26. The first-order valence-electron chi connectivity index (χ1n) is 8.11. The number of sulfonamides is 1. The van der Waals surface area contributed by atoms with Crippen molar-refractivity contribution in [2.45, 2.75) is 37.6 Å². The van der Waals surface area contributed by atoms with Crippen LogP contribution in [0.3, 0.4) is 0 Å². The summed E-state index contributed by atoms with van der Waals surface area (Å²) in [6.07, 6.45) is 1.77. The number of anilines is 1. The van der Waals surface area contributed by atoms with E-state index in [1.165, 1.54) is 18.2 Å². The number of amides is 1. The van der Waals surface area contributed by atoms with Gasteiger partial charge in [0.15, 0.2) is 0 Å². The van der Waals surface area contributed by atoms with Gasteiger partial charge < -0.3 is 5.32 Å². The van der Waals surface area contributed by atoms with Crippen molar-refractivity contribution in [2.24, 2.45) is 0 Å². The maximum atomic E-state index is 13.0. The van der Waals surface area contributed by atoms with Crippen LogP contribution in [0.15, 0.2) is 47.4 Å². The quantitative estimate of drug-likeness (QED) is 0.734. The van der Waals surface area contributed by atoms with E-state index in [4.69, 9.17) is 11.6 Å². The SMILES string of the molecule is CCC[C@@H](C)NC(=O)c1ccc(Cl)c(NS(=O)(=O)c2ccc(F)cc2)c1. The summed E-state index contributed by atoms with van der Waals surface area (Å²) in [6, 6.07) is 8.74. The zero-order valence-corrected chi connectivity index (χ0v) is 16.0. The summed E-state index contributed by atoms with van der Waals surface area (Å²) in [4.78, 5) is 12.2. The van der Waals surface area contributed by atoms with E-state index in [-0.39, 0.29) is 33.1 Å². The summed E-state index contributed by atoms with van der Waals surface area (Å²) in [5.74, 6) is -0.855. The molecule has 8 heteroatoms. The van der Waals surface area contributed by atoms with Crippen molar-refractivity contribution in [1.29, 1.82) is 0 Å². The minimum Gasteiger partial charge on any atom is -0.350 e. The number of benzene rings is 2. The van der Waals surface area contributed by atoms with Gasteiger partial charge in [0.05, 0.1) is 15.6 Å². The molecule has 0 unspecified atom stereocenters. The first kappa shape index (κ1) is 20.2. The molecule has 0 bridgehead atoms. The fourth-order valence-electron chi connectivity index (χ4n) is 2.37. The van der Waals surface area contributed by atoms with Gasteiger partial charge in [0.25, 0.3) is 15.9 Å². The van der Waals surface area contributed by atoms with Gasteiger partial charge in [0.2, 0.25) is 0 Å². The lowest BCUT2D eigenvalue weighted by Crippen LogP contribution is -2.32. The molecule has 0 aliphatic rings. The van der Waals surface area contributed by atoms with E-state index in [2.05, 4.69) is 10.0 Å². The normalized spacial score (nSPS) is 12.5. The molecular formula is C18H20ClFN2O3S. The molecule has 0 spiro atoms. The molecule has 1 atom stereocenters. The van der Waals surface area contributed by atoms with Crippen LogP contribution in [0, 0.1) is 5.82 Å². The standard InChI is InChI=1S/C18H20ClFN2O3S/c1-3-4-12(2)21-18(23)13-5-10-16(19)17(11-13)22-26(24,25)15-8-6-14(20)7-9-15/h5-12,22H,3-4H2,1-2H3,(H,21,23)/t12-/m1/s1. The predicted octanol–water partition coefficient (Wildman–Crippen LogP) is 4.20. The molecule has 2 N–H and O–H groups in total. The minimum absolute atomic E-state index is 0.00235. The number of rotatable bonds is 7. The van der Waals surface area contributed by atoms with Crippen molar-refractivity contribution < 1.29 is 17.6 Å². The van der Waals surface area contributed by atoms with Crippen LogP contribution in [0.2, 0.25) is 5.02 Å². The van der Waals surface area contributed by atoms with E-state index in [0.29, 0.717) is 0 Å². The Bertz CT molecular complexity index is 886. The van der Waals surface area contributed by atoms with E-state index in [1.54, 1.807) is 0 Å². The topological polar surface area (TPSA) is 75.3 Å². The van der Waals surface area contributed by atoms with Crippen LogP contribution in [0.5, 0.6) is 0 Å². The third-order valence-corrected chi connectivity index (χ3v) is 5.41. The second-order valence-corrected chi connectivity index (χ2v) is 8.01. The molecule has 0 aromatic heterocycles. The Morgan fingerprint density at radius 3 is 2.46 bits per heavy atom. The van der Waals surface area contributed by atoms with Crippen LogP contribution in [0.1, 0.15) is 37.0 Å². The van der Waals surface area contributed by atoms with Crippen LogP contribution < -0.4 is 10.0 Å². The number of hydrogen-bond donors (Lipinski definition) is 2. The second kappa shape index (κ2) is 8.51. The van der Waals surface area contributed by atoms with Gasteiger partial charge in [-0.3, -0.25) is 9.52 Å². The van der Waals surface area contributed by atoms with Crippen LogP contribution in [0.25, 0.3) is 0 Å². The van der Waals surface area contributed by atoms with Gasteiger partial charge in [-0.1, -0.05) is 24.9 Å². The highest BCUT2D eigenvalue weighted by atomic mass is 35.5. The second-order valence-electron chi connectivity index (χ2n) is 5.92. The lowest BCUT2D eigenvalue weighted by Gasteiger charge is -2.14. The third-order valence-electron chi connectivity index (χ3n) is 3.70.